The fourth-order valence-corrected chi connectivity index (χ4v) is 4.84. The molecule has 1 aliphatic rings. The Morgan fingerprint density at radius 1 is 1.10 bits per heavy atom. The fourth-order valence-electron chi connectivity index (χ4n) is 3.02. The van der Waals surface area contributed by atoms with E-state index in [9.17, 15) is 18.0 Å². The van der Waals surface area contributed by atoms with E-state index in [4.69, 9.17) is 21.1 Å². The van der Waals surface area contributed by atoms with Crippen LogP contribution in [0.2, 0.25) is 5.02 Å². The number of sulfonamides is 1. The number of rotatable bonds is 7. The number of halogens is 1. The molecule has 0 radical (unpaired) electrons. The van der Waals surface area contributed by atoms with Crippen LogP contribution < -0.4 is 10.1 Å². The highest BCUT2D eigenvalue weighted by Gasteiger charge is 2.31. The van der Waals surface area contributed by atoms with Gasteiger partial charge in [0.2, 0.25) is 10.0 Å². The van der Waals surface area contributed by atoms with Gasteiger partial charge >= 0.3 is 5.97 Å². The van der Waals surface area contributed by atoms with Gasteiger partial charge in [0.1, 0.15) is 10.6 Å². The number of nitrogens with zero attached hydrogens (tertiary/aromatic N) is 1. The molecule has 0 unspecified atom stereocenters. The van der Waals surface area contributed by atoms with Crippen LogP contribution in [0.4, 0.5) is 5.69 Å². The van der Waals surface area contributed by atoms with Crippen molar-refractivity contribution in [2.24, 2.45) is 0 Å². The second-order valence-corrected chi connectivity index (χ2v) is 8.95. The quantitative estimate of drug-likeness (QED) is 0.648. The lowest BCUT2D eigenvalue weighted by atomic mass is 10.2. The molecule has 0 bridgehead atoms. The topological polar surface area (TPSA) is 102 Å². The number of methoxy groups -OCH3 is 1. The highest BCUT2D eigenvalue weighted by atomic mass is 35.5. The van der Waals surface area contributed by atoms with Gasteiger partial charge in [-0.15, -0.1) is 0 Å². The van der Waals surface area contributed by atoms with Gasteiger partial charge < -0.3 is 14.8 Å². The molecule has 0 spiro atoms. The molecule has 160 valence electrons. The largest absolute Gasteiger partial charge is 0.495 e. The number of anilines is 1. The van der Waals surface area contributed by atoms with Crippen molar-refractivity contribution in [2.45, 2.75) is 17.7 Å². The summed E-state index contributed by atoms with van der Waals surface area (Å²) in [6, 6.07) is 10.5. The predicted molar refractivity (Wildman–Crippen MR) is 111 cm³/mol. The molecule has 1 heterocycles. The van der Waals surface area contributed by atoms with Crippen molar-refractivity contribution < 1.29 is 27.5 Å². The highest BCUT2D eigenvalue weighted by Crippen LogP contribution is 2.30. The van der Waals surface area contributed by atoms with Crippen LogP contribution in [-0.2, 0) is 19.6 Å². The summed E-state index contributed by atoms with van der Waals surface area (Å²) in [7, 11) is -2.44. The molecule has 3 rings (SSSR count). The molecule has 1 saturated heterocycles. The van der Waals surface area contributed by atoms with Crippen molar-refractivity contribution in [3.05, 3.63) is 53.1 Å². The number of benzene rings is 2. The first-order valence-electron chi connectivity index (χ1n) is 9.22. The van der Waals surface area contributed by atoms with E-state index in [2.05, 4.69) is 5.32 Å². The second kappa shape index (κ2) is 9.46. The molecule has 10 heteroatoms. The molecule has 0 aromatic heterocycles. The standard InChI is InChI=1S/C20H21ClN2O6S/c1-28-17-9-4-14(12-18(17)30(26,27)23-10-2-3-11-23)20(25)29-13-19(24)22-16-7-5-15(21)6-8-16/h4-9,12H,2-3,10-11,13H2,1H3,(H,22,24). The Balaban J connectivity index is 1.70. The van der Waals surface area contributed by atoms with Crippen molar-refractivity contribution in [3.8, 4) is 5.75 Å². The van der Waals surface area contributed by atoms with Gasteiger partial charge in [-0.25, -0.2) is 13.2 Å². The first-order valence-corrected chi connectivity index (χ1v) is 11.0. The van der Waals surface area contributed by atoms with E-state index in [-0.39, 0.29) is 16.2 Å². The Labute approximate surface area is 179 Å². The molecule has 30 heavy (non-hydrogen) atoms. The zero-order valence-corrected chi connectivity index (χ0v) is 17.8. The van der Waals surface area contributed by atoms with E-state index in [1.807, 2.05) is 0 Å². The van der Waals surface area contributed by atoms with Gasteiger partial charge in [-0.2, -0.15) is 4.31 Å². The summed E-state index contributed by atoms with van der Waals surface area (Å²) in [5.41, 5.74) is 0.511. The summed E-state index contributed by atoms with van der Waals surface area (Å²) < 4.78 is 37.4. The van der Waals surface area contributed by atoms with Crippen molar-refractivity contribution in [1.29, 1.82) is 0 Å². The van der Waals surface area contributed by atoms with Gasteiger partial charge in [-0.05, 0) is 55.3 Å². The third-order valence-corrected chi connectivity index (χ3v) is 6.72. The molecular formula is C20H21ClN2O6S. The summed E-state index contributed by atoms with van der Waals surface area (Å²) in [5, 5.41) is 3.10. The number of nitrogens with one attached hydrogen (secondary N) is 1. The van der Waals surface area contributed by atoms with Crippen LogP contribution in [-0.4, -0.2) is 51.4 Å². The summed E-state index contributed by atoms with van der Waals surface area (Å²) >= 11 is 5.79. The maximum Gasteiger partial charge on any atom is 0.338 e. The maximum absolute atomic E-state index is 12.9. The van der Waals surface area contributed by atoms with Crippen LogP contribution in [0.5, 0.6) is 5.75 Å². The minimum absolute atomic E-state index is 0.00728. The number of esters is 1. The summed E-state index contributed by atoms with van der Waals surface area (Å²) in [5.74, 6) is -1.22. The van der Waals surface area contributed by atoms with E-state index in [1.165, 1.54) is 29.6 Å². The van der Waals surface area contributed by atoms with E-state index < -0.39 is 28.5 Å². The average molecular weight is 453 g/mol. The van der Waals surface area contributed by atoms with Crippen molar-refractivity contribution in [1.82, 2.24) is 4.31 Å². The first kappa shape index (κ1) is 22.1. The summed E-state index contributed by atoms with van der Waals surface area (Å²) in [4.78, 5) is 24.3. The van der Waals surface area contributed by atoms with Gasteiger partial charge in [0.15, 0.2) is 6.61 Å². The Morgan fingerprint density at radius 3 is 2.40 bits per heavy atom. The van der Waals surface area contributed by atoms with Crippen LogP contribution in [0.3, 0.4) is 0 Å². The van der Waals surface area contributed by atoms with Gasteiger partial charge in [0, 0.05) is 23.8 Å². The number of hydrogen-bond acceptors (Lipinski definition) is 6. The van der Waals surface area contributed by atoms with Crippen LogP contribution in [0.15, 0.2) is 47.4 Å². The highest BCUT2D eigenvalue weighted by molar-refractivity contribution is 7.89. The minimum Gasteiger partial charge on any atom is -0.495 e. The van der Waals surface area contributed by atoms with Gasteiger partial charge in [-0.3, -0.25) is 4.79 Å². The molecule has 1 N–H and O–H groups in total. The Morgan fingerprint density at radius 2 is 1.77 bits per heavy atom. The van der Waals surface area contributed by atoms with E-state index in [0.717, 1.165) is 12.8 Å². The molecule has 2 aromatic carbocycles. The second-order valence-electron chi connectivity index (χ2n) is 6.61. The van der Waals surface area contributed by atoms with Gasteiger partial charge in [0.25, 0.3) is 5.91 Å². The summed E-state index contributed by atoms with van der Waals surface area (Å²) in [6.07, 6.45) is 1.57. The molecule has 1 aliphatic heterocycles. The first-order chi connectivity index (χ1) is 14.3. The molecule has 1 fully saturated rings. The number of ether oxygens (including phenoxy) is 2. The lowest BCUT2D eigenvalue weighted by molar-refractivity contribution is -0.119. The normalized spacial score (nSPS) is 14.3. The molecule has 8 nitrogen and oxygen atoms in total. The molecule has 1 amide bonds. The summed E-state index contributed by atoms with van der Waals surface area (Å²) in [6.45, 7) is 0.317. The molecular weight excluding hydrogens is 432 g/mol. The van der Waals surface area contributed by atoms with Crippen LogP contribution in [0.1, 0.15) is 23.2 Å². The third-order valence-electron chi connectivity index (χ3n) is 4.54. The lowest BCUT2D eigenvalue weighted by Gasteiger charge is -2.18. The molecule has 0 aliphatic carbocycles. The SMILES string of the molecule is COc1ccc(C(=O)OCC(=O)Nc2ccc(Cl)cc2)cc1S(=O)(=O)N1CCCC1. The number of hydrogen-bond donors (Lipinski definition) is 1. The Kier molecular flexibility index (Phi) is 6.96. The van der Waals surface area contributed by atoms with Gasteiger partial charge in [-0.1, -0.05) is 11.6 Å². The lowest BCUT2D eigenvalue weighted by Crippen LogP contribution is -2.28. The molecule has 0 saturated carbocycles. The van der Waals surface area contributed by atoms with Gasteiger partial charge in [0.05, 0.1) is 12.7 Å². The third kappa shape index (κ3) is 5.10. The minimum atomic E-state index is -3.80. The van der Waals surface area contributed by atoms with Crippen LogP contribution >= 0.6 is 11.6 Å². The van der Waals surface area contributed by atoms with Crippen molar-refractivity contribution in [3.63, 3.8) is 0 Å². The number of carbonyl (C=O) groups is 2. The number of carbonyl (C=O) groups excluding carboxylic acids is 2. The smallest absolute Gasteiger partial charge is 0.338 e. The fraction of sp³-hybridized carbons (Fsp3) is 0.300. The van der Waals surface area contributed by atoms with E-state index in [1.54, 1.807) is 24.3 Å². The predicted octanol–water partition coefficient (Wildman–Crippen LogP) is 2.93. The van der Waals surface area contributed by atoms with Crippen LogP contribution in [0.25, 0.3) is 0 Å². The van der Waals surface area contributed by atoms with Crippen molar-refractivity contribution in [2.75, 3.05) is 32.1 Å². The van der Waals surface area contributed by atoms with Crippen LogP contribution in [0, 0.1) is 0 Å². The Hall–Kier alpha value is -2.62. The van der Waals surface area contributed by atoms with E-state index >= 15 is 0 Å². The average Bonchev–Trinajstić information content (AvgIpc) is 3.29. The van der Waals surface area contributed by atoms with Crippen molar-refractivity contribution >= 4 is 39.2 Å². The van der Waals surface area contributed by atoms with E-state index in [0.29, 0.717) is 23.8 Å². The number of amides is 1. The maximum atomic E-state index is 12.9. The molecule has 0 atom stereocenters. The molecule has 2 aromatic rings. The monoisotopic (exact) mass is 452 g/mol. The zero-order chi connectivity index (χ0) is 21.7. The Bertz CT molecular complexity index is 1030. The zero-order valence-electron chi connectivity index (χ0n) is 16.3.